The second-order valence-corrected chi connectivity index (χ2v) is 7.15. The largest absolute Gasteiger partial charge is 0.481 e. The molecule has 1 N–H and O–H groups in total. The summed E-state index contributed by atoms with van der Waals surface area (Å²) in [5, 5.41) is 12.8. The van der Waals surface area contributed by atoms with E-state index in [4.69, 9.17) is 16.3 Å². The van der Waals surface area contributed by atoms with Gasteiger partial charge in [0, 0.05) is 10.6 Å². The molecule has 0 aliphatic rings. The molecular formula is C19H18ClN3O2S. The predicted molar refractivity (Wildman–Crippen MR) is 105 cm³/mol. The zero-order valence-corrected chi connectivity index (χ0v) is 16.0. The van der Waals surface area contributed by atoms with Crippen molar-refractivity contribution in [1.82, 2.24) is 10.2 Å². The number of hydrogen-bond donors (Lipinski definition) is 1. The van der Waals surface area contributed by atoms with E-state index in [9.17, 15) is 4.79 Å². The van der Waals surface area contributed by atoms with Gasteiger partial charge in [-0.1, -0.05) is 59.7 Å². The quantitative estimate of drug-likeness (QED) is 0.649. The SMILES string of the molecule is CCC(Oc1ccc(Cl)cc1)C(=O)Nc1nnc(-c2ccc(C)cc2)s1. The molecule has 0 saturated heterocycles. The lowest BCUT2D eigenvalue weighted by Crippen LogP contribution is -2.32. The van der Waals surface area contributed by atoms with E-state index in [0.29, 0.717) is 22.3 Å². The lowest BCUT2D eigenvalue weighted by Gasteiger charge is -2.16. The highest BCUT2D eigenvalue weighted by molar-refractivity contribution is 7.18. The second-order valence-electron chi connectivity index (χ2n) is 5.74. The van der Waals surface area contributed by atoms with Gasteiger partial charge in [-0.05, 0) is 37.6 Å². The maximum Gasteiger partial charge on any atom is 0.267 e. The third kappa shape index (κ3) is 4.59. The zero-order valence-electron chi connectivity index (χ0n) is 14.4. The number of carbonyl (C=O) groups is 1. The highest BCUT2D eigenvalue weighted by Gasteiger charge is 2.20. The number of nitrogens with zero attached hydrogens (tertiary/aromatic N) is 2. The van der Waals surface area contributed by atoms with Crippen LogP contribution in [0.5, 0.6) is 5.75 Å². The van der Waals surface area contributed by atoms with Gasteiger partial charge in [-0.2, -0.15) is 0 Å². The highest BCUT2D eigenvalue weighted by Crippen LogP contribution is 2.27. The Labute approximate surface area is 161 Å². The van der Waals surface area contributed by atoms with E-state index in [1.54, 1.807) is 24.3 Å². The molecule has 1 unspecified atom stereocenters. The monoisotopic (exact) mass is 387 g/mol. The van der Waals surface area contributed by atoms with E-state index < -0.39 is 6.10 Å². The molecule has 3 aromatic rings. The molecule has 0 bridgehead atoms. The third-order valence-corrected chi connectivity index (χ3v) is 4.85. The molecule has 1 aromatic heterocycles. The Kier molecular flexibility index (Phi) is 5.85. The second kappa shape index (κ2) is 8.29. The molecule has 2 aromatic carbocycles. The van der Waals surface area contributed by atoms with E-state index in [1.807, 2.05) is 38.1 Å². The smallest absolute Gasteiger partial charge is 0.267 e. The first-order valence-corrected chi connectivity index (χ1v) is 9.38. The van der Waals surface area contributed by atoms with Crippen molar-refractivity contribution in [2.45, 2.75) is 26.4 Å². The number of nitrogens with one attached hydrogen (secondary N) is 1. The first-order chi connectivity index (χ1) is 12.5. The number of benzene rings is 2. The average molecular weight is 388 g/mol. The Hall–Kier alpha value is -2.44. The fraction of sp³-hybridized carbons (Fsp3) is 0.211. The van der Waals surface area contributed by atoms with Crippen molar-refractivity contribution in [1.29, 1.82) is 0 Å². The van der Waals surface area contributed by atoms with Crippen LogP contribution in [0.4, 0.5) is 5.13 Å². The van der Waals surface area contributed by atoms with E-state index in [0.717, 1.165) is 10.6 Å². The molecule has 1 atom stereocenters. The maximum atomic E-state index is 12.5. The van der Waals surface area contributed by atoms with Crippen molar-refractivity contribution in [3.63, 3.8) is 0 Å². The van der Waals surface area contributed by atoms with Crippen molar-refractivity contribution in [2.75, 3.05) is 5.32 Å². The lowest BCUT2D eigenvalue weighted by molar-refractivity contribution is -0.122. The van der Waals surface area contributed by atoms with Crippen molar-refractivity contribution < 1.29 is 9.53 Å². The summed E-state index contributed by atoms with van der Waals surface area (Å²) >= 11 is 7.19. The number of aromatic nitrogens is 2. The topological polar surface area (TPSA) is 64.1 Å². The van der Waals surface area contributed by atoms with E-state index >= 15 is 0 Å². The van der Waals surface area contributed by atoms with Crippen LogP contribution in [0.15, 0.2) is 48.5 Å². The first kappa shape index (κ1) is 18.4. The van der Waals surface area contributed by atoms with Crippen molar-refractivity contribution in [3.8, 4) is 16.3 Å². The Morgan fingerprint density at radius 2 is 1.85 bits per heavy atom. The Balaban J connectivity index is 1.66. The molecular weight excluding hydrogens is 370 g/mol. The average Bonchev–Trinajstić information content (AvgIpc) is 3.10. The van der Waals surface area contributed by atoms with Gasteiger partial charge >= 0.3 is 0 Å². The summed E-state index contributed by atoms with van der Waals surface area (Å²) in [6, 6.07) is 14.9. The Bertz CT molecular complexity index is 879. The van der Waals surface area contributed by atoms with Gasteiger partial charge in [0.15, 0.2) is 6.10 Å². The molecule has 3 rings (SSSR count). The molecule has 26 heavy (non-hydrogen) atoms. The molecule has 5 nitrogen and oxygen atoms in total. The molecule has 134 valence electrons. The number of hydrogen-bond acceptors (Lipinski definition) is 5. The first-order valence-electron chi connectivity index (χ1n) is 8.19. The third-order valence-electron chi connectivity index (χ3n) is 3.71. The minimum Gasteiger partial charge on any atom is -0.481 e. The molecule has 1 heterocycles. The van der Waals surface area contributed by atoms with Crippen LogP contribution in [0, 0.1) is 6.92 Å². The number of carbonyl (C=O) groups excluding carboxylic acids is 1. The maximum absolute atomic E-state index is 12.5. The summed E-state index contributed by atoms with van der Waals surface area (Å²) in [5.41, 5.74) is 2.15. The number of amides is 1. The van der Waals surface area contributed by atoms with Gasteiger partial charge in [-0.15, -0.1) is 10.2 Å². The van der Waals surface area contributed by atoms with Crippen molar-refractivity contribution in [2.24, 2.45) is 0 Å². The number of halogens is 1. The van der Waals surface area contributed by atoms with E-state index in [-0.39, 0.29) is 5.91 Å². The number of aryl methyl sites for hydroxylation is 1. The number of ether oxygens (including phenoxy) is 1. The van der Waals surface area contributed by atoms with Crippen molar-refractivity contribution >= 4 is 34.0 Å². The number of rotatable bonds is 6. The van der Waals surface area contributed by atoms with Gasteiger partial charge in [0.2, 0.25) is 5.13 Å². The van der Waals surface area contributed by atoms with Gasteiger partial charge in [0.25, 0.3) is 5.91 Å². The molecule has 1 amide bonds. The molecule has 0 spiro atoms. The van der Waals surface area contributed by atoms with Crippen LogP contribution < -0.4 is 10.1 Å². The van der Waals surface area contributed by atoms with Gasteiger partial charge in [-0.3, -0.25) is 10.1 Å². The zero-order chi connectivity index (χ0) is 18.5. The van der Waals surface area contributed by atoms with Gasteiger partial charge < -0.3 is 4.74 Å². The predicted octanol–water partition coefficient (Wildman–Crippen LogP) is 4.96. The number of anilines is 1. The van der Waals surface area contributed by atoms with E-state index in [2.05, 4.69) is 15.5 Å². The minimum atomic E-state index is -0.622. The molecule has 0 radical (unpaired) electrons. The summed E-state index contributed by atoms with van der Waals surface area (Å²) in [6.45, 7) is 3.92. The van der Waals surface area contributed by atoms with E-state index in [1.165, 1.54) is 16.9 Å². The van der Waals surface area contributed by atoms with Crippen LogP contribution in [0.3, 0.4) is 0 Å². The lowest BCUT2D eigenvalue weighted by atomic mass is 10.2. The molecule has 0 saturated carbocycles. The fourth-order valence-corrected chi connectivity index (χ4v) is 3.15. The normalized spacial score (nSPS) is 11.8. The molecule has 7 heteroatoms. The van der Waals surface area contributed by atoms with Gasteiger partial charge in [0.05, 0.1) is 0 Å². The van der Waals surface area contributed by atoms with Crippen LogP contribution >= 0.6 is 22.9 Å². The summed E-state index contributed by atoms with van der Waals surface area (Å²) < 4.78 is 5.74. The summed E-state index contributed by atoms with van der Waals surface area (Å²) in [6.07, 6.45) is -0.0964. The van der Waals surface area contributed by atoms with Crippen LogP contribution in [0.25, 0.3) is 10.6 Å². The summed E-state index contributed by atoms with van der Waals surface area (Å²) in [4.78, 5) is 12.5. The fourth-order valence-electron chi connectivity index (χ4n) is 2.27. The van der Waals surface area contributed by atoms with Gasteiger partial charge in [0.1, 0.15) is 10.8 Å². The molecule has 0 fully saturated rings. The summed E-state index contributed by atoms with van der Waals surface area (Å²) in [5.74, 6) is 0.336. The van der Waals surface area contributed by atoms with Crippen LogP contribution in [0.1, 0.15) is 18.9 Å². The van der Waals surface area contributed by atoms with Crippen molar-refractivity contribution in [3.05, 3.63) is 59.1 Å². The minimum absolute atomic E-state index is 0.256. The van der Waals surface area contributed by atoms with Crippen LogP contribution in [-0.2, 0) is 4.79 Å². The van der Waals surface area contributed by atoms with Gasteiger partial charge in [-0.25, -0.2) is 0 Å². The standard InChI is InChI=1S/C19H18ClN3O2S/c1-3-16(25-15-10-8-14(20)9-11-15)17(24)21-19-23-22-18(26-19)13-6-4-12(2)5-7-13/h4-11,16H,3H2,1-2H3,(H,21,23,24). The van der Waals surface area contributed by atoms with Crippen LogP contribution in [0.2, 0.25) is 5.02 Å². The molecule has 0 aliphatic heterocycles. The van der Waals surface area contributed by atoms with Crippen LogP contribution in [-0.4, -0.2) is 22.2 Å². The summed E-state index contributed by atoms with van der Waals surface area (Å²) in [7, 11) is 0. The Morgan fingerprint density at radius 1 is 1.15 bits per heavy atom. The Morgan fingerprint density at radius 3 is 2.50 bits per heavy atom. The molecule has 0 aliphatic carbocycles. The highest BCUT2D eigenvalue weighted by atomic mass is 35.5.